The van der Waals surface area contributed by atoms with Crippen molar-refractivity contribution in [2.75, 3.05) is 56.8 Å². The second-order valence-corrected chi connectivity index (χ2v) is 5.95. The lowest BCUT2D eigenvalue weighted by Crippen LogP contribution is -2.49. The Hall–Kier alpha value is -2.40. The maximum Gasteiger partial charge on any atom is 0.328 e. The Labute approximate surface area is 175 Å². The van der Waals surface area contributed by atoms with Crippen molar-refractivity contribution in [3.05, 3.63) is 18.2 Å². The number of urea groups is 1. The first-order chi connectivity index (χ1) is 13.5. The molecular formula is C18H27ClN4O6. The summed E-state index contributed by atoms with van der Waals surface area (Å²) in [4.78, 5) is 36.9. The lowest BCUT2D eigenvalue weighted by atomic mass is 10.2. The van der Waals surface area contributed by atoms with Gasteiger partial charge in [-0.3, -0.25) is 19.8 Å². The van der Waals surface area contributed by atoms with Gasteiger partial charge in [0.05, 0.1) is 45.6 Å². The number of rotatable bonds is 11. The predicted molar refractivity (Wildman–Crippen MR) is 110 cm³/mol. The van der Waals surface area contributed by atoms with Gasteiger partial charge in [0, 0.05) is 25.2 Å². The summed E-state index contributed by atoms with van der Waals surface area (Å²) >= 11 is 0. The molecule has 1 aliphatic heterocycles. The Bertz CT molecular complexity index is 703. The predicted octanol–water partition coefficient (Wildman–Crippen LogP) is 0.884. The molecule has 162 valence electrons. The quantitative estimate of drug-likeness (QED) is 0.444. The van der Waals surface area contributed by atoms with Crippen LogP contribution in [0.2, 0.25) is 0 Å². The number of hydrogen-bond acceptors (Lipinski definition) is 7. The van der Waals surface area contributed by atoms with Crippen molar-refractivity contribution in [1.82, 2.24) is 5.32 Å². The zero-order chi connectivity index (χ0) is 20.4. The Morgan fingerprint density at radius 2 is 1.93 bits per heavy atom. The average molecular weight is 431 g/mol. The zero-order valence-corrected chi connectivity index (χ0v) is 17.1. The van der Waals surface area contributed by atoms with Gasteiger partial charge in [-0.2, -0.15) is 0 Å². The van der Waals surface area contributed by atoms with E-state index in [1.165, 1.54) is 12.0 Å². The van der Waals surface area contributed by atoms with Crippen molar-refractivity contribution < 1.29 is 28.6 Å². The first-order valence-electron chi connectivity index (χ1n) is 9.00. The number of nitrogens with zero attached hydrogens (tertiary/aromatic N) is 1. The maximum atomic E-state index is 12.1. The Morgan fingerprint density at radius 3 is 2.59 bits per heavy atom. The van der Waals surface area contributed by atoms with Crippen molar-refractivity contribution in [1.29, 1.82) is 0 Å². The van der Waals surface area contributed by atoms with Gasteiger partial charge in [-0.1, -0.05) is 0 Å². The van der Waals surface area contributed by atoms with E-state index in [2.05, 4.69) is 10.6 Å². The number of anilines is 2. The molecular weight excluding hydrogens is 404 g/mol. The fourth-order valence-electron chi connectivity index (χ4n) is 2.57. The minimum Gasteiger partial charge on any atom is -0.495 e. The fourth-order valence-corrected chi connectivity index (χ4v) is 2.57. The van der Waals surface area contributed by atoms with E-state index in [0.29, 0.717) is 43.5 Å². The molecule has 1 saturated heterocycles. The number of imide groups is 1. The van der Waals surface area contributed by atoms with Crippen LogP contribution in [0.3, 0.4) is 0 Å². The molecule has 2 rings (SSSR count). The monoisotopic (exact) mass is 430 g/mol. The number of nitrogens with one attached hydrogen (secondary N) is 2. The number of halogens is 1. The standard InChI is InChI=1S/C18H26N4O6.ClH/c1-26-15-3-2-13(12-14(15)22-7-4-16(23)21-18(22)25)20-17(24)5-8-27-10-11-28-9-6-19;/h2-3,12H,4-11,19H2,1H3,(H,20,24)(H,21,23,25);1H. The molecule has 1 aromatic rings. The molecule has 29 heavy (non-hydrogen) atoms. The van der Waals surface area contributed by atoms with E-state index < -0.39 is 6.03 Å². The molecule has 0 aromatic heterocycles. The highest BCUT2D eigenvalue weighted by Crippen LogP contribution is 2.32. The van der Waals surface area contributed by atoms with Crippen LogP contribution in [-0.2, 0) is 19.1 Å². The molecule has 4 amide bonds. The molecule has 1 aromatic carbocycles. The summed E-state index contributed by atoms with van der Waals surface area (Å²) in [5.41, 5.74) is 6.29. The number of carbonyl (C=O) groups is 3. The van der Waals surface area contributed by atoms with Crippen molar-refractivity contribution in [3.8, 4) is 5.75 Å². The largest absolute Gasteiger partial charge is 0.495 e. The van der Waals surface area contributed by atoms with E-state index in [0.717, 1.165) is 0 Å². The number of hydrogen-bond donors (Lipinski definition) is 3. The summed E-state index contributed by atoms with van der Waals surface area (Å²) < 4.78 is 15.8. The molecule has 0 spiro atoms. The third-order valence-corrected chi connectivity index (χ3v) is 3.92. The molecule has 1 aliphatic rings. The van der Waals surface area contributed by atoms with Gasteiger partial charge in [-0.25, -0.2) is 4.79 Å². The topological polar surface area (TPSA) is 132 Å². The molecule has 0 unspecified atom stereocenters. The van der Waals surface area contributed by atoms with Crippen LogP contribution in [0.4, 0.5) is 16.2 Å². The molecule has 0 radical (unpaired) electrons. The zero-order valence-electron chi connectivity index (χ0n) is 16.3. The highest BCUT2D eigenvalue weighted by atomic mass is 35.5. The number of amides is 4. The third-order valence-electron chi connectivity index (χ3n) is 3.92. The highest BCUT2D eigenvalue weighted by molar-refractivity contribution is 6.06. The van der Waals surface area contributed by atoms with Gasteiger partial charge >= 0.3 is 6.03 Å². The maximum absolute atomic E-state index is 12.1. The third kappa shape index (κ3) is 7.86. The Balaban J connectivity index is 0.00000420. The van der Waals surface area contributed by atoms with Gasteiger partial charge in [0.15, 0.2) is 0 Å². The van der Waals surface area contributed by atoms with E-state index >= 15 is 0 Å². The summed E-state index contributed by atoms with van der Waals surface area (Å²) in [6, 6.07) is 4.44. The van der Waals surface area contributed by atoms with E-state index in [-0.39, 0.29) is 50.2 Å². The number of nitrogens with two attached hydrogens (primary N) is 1. The summed E-state index contributed by atoms with van der Waals surface area (Å²) in [6.07, 6.45) is 0.370. The molecule has 1 fully saturated rings. The normalized spacial score (nSPS) is 13.5. The molecule has 0 aliphatic carbocycles. The van der Waals surface area contributed by atoms with Crippen LogP contribution in [0.1, 0.15) is 12.8 Å². The SMILES string of the molecule is COc1ccc(NC(=O)CCOCCOCCN)cc1N1CCC(=O)NC1=O.Cl. The number of benzene rings is 1. The van der Waals surface area contributed by atoms with Crippen LogP contribution in [0, 0.1) is 0 Å². The minimum absolute atomic E-state index is 0. The first kappa shape index (κ1) is 24.6. The molecule has 10 nitrogen and oxygen atoms in total. The molecule has 11 heteroatoms. The van der Waals surface area contributed by atoms with Crippen LogP contribution in [-0.4, -0.2) is 64.5 Å². The van der Waals surface area contributed by atoms with Crippen LogP contribution >= 0.6 is 12.4 Å². The van der Waals surface area contributed by atoms with Crippen molar-refractivity contribution in [2.24, 2.45) is 5.73 Å². The number of methoxy groups -OCH3 is 1. The minimum atomic E-state index is -0.525. The average Bonchev–Trinajstić information content (AvgIpc) is 2.67. The lowest BCUT2D eigenvalue weighted by Gasteiger charge is -2.28. The summed E-state index contributed by atoms with van der Waals surface area (Å²) in [6.45, 7) is 2.26. The van der Waals surface area contributed by atoms with Gasteiger partial charge in [0.1, 0.15) is 5.75 Å². The van der Waals surface area contributed by atoms with E-state index in [9.17, 15) is 14.4 Å². The molecule has 4 N–H and O–H groups in total. The number of carbonyl (C=O) groups excluding carboxylic acids is 3. The summed E-state index contributed by atoms with van der Waals surface area (Å²) in [5, 5.41) is 5.02. The molecule has 1 heterocycles. The summed E-state index contributed by atoms with van der Waals surface area (Å²) in [7, 11) is 1.48. The van der Waals surface area contributed by atoms with Crippen molar-refractivity contribution in [2.45, 2.75) is 12.8 Å². The molecule has 0 atom stereocenters. The van der Waals surface area contributed by atoms with Crippen molar-refractivity contribution >= 4 is 41.6 Å². The highest BCUT2D eigenvalue weighted by Gasteiger charge is 2.26. The van der Waals surface area contributed by atoms with E-state index in [1.54, 1.807) is 18.2 Å². The fraction of sp³-hybridized carbons (Fsp3) is 0.500. The van der Waals surface area contributed by atoms with Crippen LogP contribution in [0.25, 0.3) is 0 Å². The van der Waals surface area contributed by atoms with E-state index in [4.69, 9.17) is 19.9 Å². The van der Waals surface area contributed by atoms with Gasteiger partial charge in [-0.15, -0.1) is 12.4 Å². The van der Waals surface area contributed by atoms with Gasteiger partial charge in [0.25, 0.3) is 0 Å². The summed E-state index contributed by atoms with van der Waals surface area (Å²) in [5.74, 6) is -0.0846. The molecule has 0 bridgehead atoms. The molecule has 0 saturated carbocycles. The van der Waals surface area contributed by atoms with Gasteiger partial charge < -0.3 is 25.3 Å². The smallest absolute Gasteiger partial charge is 0.328 e. The first-order valence-corrected chi connectivity index (χ1v) is 9.00. The van der Waals surface area contributed by atoms with Crippen LogP contribution in [0.5, 0.6) is 5.75 Å². The van der Waals surface area contributed by atoms with Crippen molar-refractivity contribution in [3.63, 3.8) is 0 Å². The Morgan fingerprint density at radius 1 is 1.21 bits per heavy atom. The number of ether oxygens (including phenoxy) is 3. The van der Waals surface area contributed by atoms with Crippen LogP contribution < -0.4 is 26.0 Å². The Kier molecular flexibility index (Phi) is 11.0. The van der Waals surface area contributed by atoms with Gasteiger partial charge in [-0.05, 0) is 18.2 Å². The lowest BCUT2D eigenvalue weighted by molar-refractivity contribution is -0.120. The van der Waals surface area contributed by atoms with Crippen LogP contribution in [0.15, 0.2) is 18.2 Å². The van der Waals surface area contributed by atoms with E-state index in [1.807, 2.05) is 0 Å². The second-order valence-electron chi connectivity index (χ2n) is 5.95. The van der Waals surface area contributed by atoms with Gasteiger partial charge in [0.2, 0.25) is 11.8 Å². The second kappa shape index (κ2) is 12.9.